The maximum absolute atomic E-state index is 13.6. The Morgan fingerprint density at radius 1 is 1.09 bits per heavy atom. The molecule has 2 heterocycles. The van der Waals surface area contributed by atoms with Crippen LogP contribution in [0.1, 0.15) is 69.5 Å². The van der Waals surface area contributed by atoms with Crippen molar-refractivity contribution in [3.63, 3.8) is 0 Å². The summed E-state index contributed by atoms with van der Waals surface area (Å²) in [5.74, 6) is -0.213. The van der Waals surface area contributed by atoms with Crippen LogP contribution in [0.25, 0.3) is 0 Å². The molecule has 1 aromatic carbocycles. The monoisotopic (exact) mass is 509 g/mol. The predicted molar refractivity (Wildman–Crippen MR) is 133 cm³/mol. The molecule has 1 aliphatic heterocycles. The Bertz CT molecular complexity index is 1020. The van der Waals surface area contributed by atoms with Crippen molar-refractivity contribution in [2.45, 2.75) is 75.9 Å². The Labute approximate surface area is 208 Å². The van der Waals surface area contributed by atoms with E-state index in [0.29, 0.717) is 13.1 Å². The molecule has 5 nitrogen and oxygen atoms in total. The Balaban J connectivity index is 1.51. The number of aromatic nitrogens is 2. The van der Waals surface area contributed by atoms with Crippen molar-refractivity contribution in [2.75, 3.05) is 23.3 Å². The summed E-state index contributed by atoms with van der Waals surface area (Å²) >= 11 is 5.43. The number of piperidine rings is 1. The minimum absolute atomic E-state index is 0.0968. The molecule has 0 amide bonds. The van der Waals surface area contributed by atoms with Crippen LogP contribution in [0, 0.1) is 5.82 Å². The molecule has 2 aromatic rings. The number of hydrogen-bond donors (Lipinski definition) is 2. The maximum atomic E-state index is 13.6. The van der Waals surface area contributed by atoms with Gasteiger partial charge in [-0.25, -0.2) is 9.37 Å². The molecule has 1 saturated carbocycles. The second kappa shape index (κ2) is 10.6. The summed E-state index contributed by atoms with van der Waals surface area (Å²) in [7, 11) is 0. The number of hydrogen-bond acceptors (Lipinski definition) is 4. The number of benzene rings is 1. The van der Waals surface area contributed by atoms with Gasteiger partial charge in [0, 0.05) is 30.6 Å². The van der Waals surface area contributed by atoms with Gasteiger partial charge in [-0.15, -0.1) is 0 Å². The van der Waals surface area contributed by atoms with Crippen molar-refractivity contribution >= 4 is 29.1 Å². The van der Waals surface area contributed by atoms with E-state index in [1.54, 1.807) is 12.1 Å². The van der Waals surface area contributed by atoms with Crippen LogP contribution in [0.15, 0.2) is 30.3 Å². The van der Waals surface area contributed by atoms with E-state index in [9.17, 15) is 17.6 Å². The first-order valence-corrected chi connectivity index (χ1v) is 12.6. The fourth-order valence-corrected chi connectivity index (χ4v) is 5.38. The minimum Gasteiger partial charge on any atom is -0.361 e. The van der Waals surface area contributed by atoms with Crippen molar-refractivity contribution in [1.82, 2.24) is 15.3 Å². The van der Waals surface area contributed by atoms with Gasteiger partial charge in [0.25, 0.3) is 0 Å². The Morgan fingerprint density at radius 2 is 1.80 bits per heavy atom. The van der Waals surface area contributed by atoms with Gasteiger partial charge in [-0.2, -0.15) is 18.2 Å². The van der Waals surface area contributed by atoms with E-state index in [1.807, 2.05) is 11.8 Å². The van der Waals surface area contributed by atoms with Crippen LogP contribution in [0.4, 0.5) is 29.3 Å². The molecule has 1 aliphatic carbocycles. The summed E-state index contributed by atoms with van der Waals surface area (Å²) in [5, 5.41) is 6.11. The lowest BCUT2D eigenvalue weighted by Gasteiger charge is -2.38. The van der Waals surface area contributed by atoms with Crippen LogP contribution in [0.3, 0.4) is 0 Å². The number of thiocarbonyl (C=S) groups is 1. The zero-order valence-corrected chi connectivity index (χ0v) is 20.6. The summed E-state index contributed by atoms with van der Waals surface area (Å²) in [6, 6.07) is 7.64. The third-order valence-electron chi connectivity index (χ3n) is 7.18. The number of anilines is 2. The Morgan fingerprint density at radius 3 is 2.46 bits per heavy atom. The highest BCUT2D eigenvalue weighted by molar-refractivity contribution is 7.80. The maximum Gasteiger partial charge on any atom is 0.433 e. The molecule has 1 saturated heterocycles. The molecule has 1 aromatic heterocycles. The molecule has 1 atom stereocenters. The molecule has 10 heteroatoms. The molecule has 2 aliphatic rings. The second-order valence-corrected chi connectivity index (χ2v) is 10.0. The lowest BCUT2D eigenvalue weighted by molar-refractivity contribution is -0.141. The third kappa shape index (κ3) is 6.20. The van der Waals surface area contributed by atoms with Gasteiger partial charge in [0.15, 0.2) is 10.8 Å². The Hall–Kier alpha value is -2.49. The van der Waals surface area contributed by atoms with Gasteiger partial charge in [0.1, 0.15) is 11.6 Å². The smallest absolute Gasteiger partial charge is 0.361 e. The first kappa shape index (κ1) is 25.6. The van der Waals surface area contributed by atoms with Crippen molar-refractivity contribution in [2.24, 2.45) is 0 Å². The van der Waals surface area contributed by atoms with Gasteiger partial charge in [0.2, 0.25) is 5.95 Å². The van der Waals surface area contributed by atoms with Crippen LogP contribution in [0.2, 0.25) is 0 Å². The van der Waals surface area contributed by atoms with Gasteiger partial charge in [-0.1, -0.05) is 31.4 Å². The van der Waals surface area contributed by atoms with Crippen LogP contribution in [-0.4, -0.2) is 34.2 Å². The standard InChI is InChI=1S/C25H31F4N5S/c1-17-7-3-6-14-34(17)21-15-20(25(27,28)29)31-22(32-21)33-23(35)30-16-24(12-4-2-5-13-24)18-8-10-19(26)11-9-18/h8-11,15,17H,2-7,12-14,16H2,1H3,(H2,30,31,32,33,35)/t17-/m1/s1. The third-order valence-corrected chi connectivity index (χ3v) is 7.43. The molecule has 2 fully saturated rings. The van der Waals surface area contributed by atoms with Crippen molar-refractivity contribution in [1.29, 1.82) is 0 Å². The van der Waals surface area contributed by atoms with Crippen LogP contribution >= 0.6 is 12.2 Å². The van der Waals surface area contributed by atoms with Crippen LogP contribution in [-0.2, 0) is 11.6 Å². The molecule has 35 heavy (non-hydrogen) atoms. The second-order valence-electron chi connectivity index (χ2n) is 9.63. The van der Waals surface area contributed by atoms with Crippen molar-refractivity contribution in [3.8, 4) is 0 Å². The average molecular weight is 510 g/mol. The van der Waals surface area contributed by atoms with Gasteiger partial charge in [0.05, 0.1) is 0 Å². The van der Waals surface area contributed by atoms with Gasteiger partial charge >= 0.3 is 6.18 Å². The number of nitrogens with zero attached hydrogens (tertiary/aromatic N) is 3. The molecule has 0 unspecified atom stereocenters. The molecule has 0 radical (unpaired) electrons. The van der Waals surface area contributed by atoms with Gasteiger partial charge in [-0.05, 0) is 68.9 Å². The quantitative estimate of drug-likeness (QED) is 0.370. The van der Waals surface area contributed by atoms with Crippen LogP contribution < -0.4 is 15.5 Å². The van der Waals surface area contributed by atoms with E-state index in [-0.39, 0.29) is 34.2 Å². The molecular formula is C25H31F4N5S. The molecule has 0 spiro atoms. The average Bonchev–Trinajstić information content (AvgIpc) is 2.83. The van der Waals surface area contributed by atoms with E-state index < -0.39 is 11.9 Å². The molecular weight excluding hydrogens is 478 g/mol. The highest BCUT2D eigenvalue weighted by Crippen LogP contribution is 2.39. The summed E-state index contributed by atoms with van der Waals surface area (Å²) < 4.78 is 54.3. The molecule has 0 bridgehead atoms. The van der Waals surface area contributed by atoms with E-state index >= 15 is 0 Å². The van der Waals surface area contributed by atoms with E-state index in [2.05, 4.69) is 20.6 Å². The first-order valence-electron chi connectivity index (χ1n) is 12.2. The van der Waals surface area contributed by atoms with E-state index in [0.717, 1.165) is 63.0 Å². The van der Waals surface area contributed by atoms with Crippen molar-refractivity contribution in [3.05, 3.63) is 47.4 Å². The normalized spacial score (nSPS) is 20.4. The number of alkyl halides is 3. The van der Waals surface area contributed by atoms with E-state index in [1.165, 1.54) is 12.1 Å². The summed E-state index contributed by atoms with van der Waals surface area (Å²) in [5.41, 5.74) is -0.188. The van der Waals surface area contributed by atoms with Crippen LogP contribution in [0.5, 0.6) is 0 Å². The van der Waals surface area contributed by atoms with Gasteiger partial charge < -0.3 is 15.5 Å². The summed E-state index contributed by atoms with van der Waals surface area (Å²) in [4.78, 5) is 9.97. The van der Waals surface area contributed by atoms with E-state index in [4.69, 9.17) is 12.2 Å². The van der Waals surface area contributed by atoms with Crippen molar-refractivity contribution < 1.29 is 17.6 Å². The topological polar surface area (TPSA) is 53.1 Å². The molecule has 190 valence electrons. The zero-order valence-electron chi connectivity index (χ0n) is 19.8. The highest BCUT2D eigenvalue weighted by Gasteiger charge is 2.36. The summed E-state index contributed by atoms with van der Waals surface area (Å²) in [6.07, 6.45) is 3.34. The highest BCUT2D eigenvalue weighted by atomic mass is 32.1. The lowest BCUT2D eigenvalue weighted by atomic mass is 9.69. The number of halogens is 4. The minimum atomic E-state index is -4.60. The summed E-state index contributed by atoms with van der Waals surface area (Å²) in [6.45, 7) is 3.13. The molecule has 2 N–H and O–H groups in total. The SMILES string of the molecule is C[C@@H]1CCCCN1c1cc(C(F)(F)F)nc(NC(=S)NCC2(c3ccc(F)cc3)CCCCC2)n1. The first-order chi connectivity index (χ1) is 16.7. The fraction of sp³-hybridized carbons (Fsp3) is 0.560. The number of rotatable bonds is 5. The van der Waals surface area contributed by atoms with Gasteiger partial charge in [-0.3, -0.25) is 0 Å². The fourth-order valence-electron chi connectivity index (χ4n) is 5.22. The Kier molecular flexibility index (Phi) is 7.78. The lowest BCUT2D eigenvalue weighted by Crippen LogP contribution is -2.44. The molecule has 4 rings (SSSR count). The predicted octanol–water partition coefficient (Wildman–Crippen LogP) is 6.20. The number of nitrogens with one attached hydrogen (secondary N) is 2. The largest absolute Gasteiger partial charge is 0.433 e. The zero-order chi connectivity index (χ0) is 25.1.